The third-order valence-corrected chi connectivity index (χ3v) is 6.21. The summed E-state index contributed by atoms with van der Waals surface area (Å²) in [5.41, 5.74) is 3.20. The summed E-state index contributed by atoms with van der Waals surface area (Å²) < 4.78 is 6.37. The average molecular weight is 450 g/mol. The molecule has 0 radical (unpaired) electrons. The summed E-state index contributed by atoms with van der Waals surface area (Å²) >= 11 is 3.53. The lowest BCUT2D eigenvalue weighted by atomic mass is 9.88. The summed E-state index contributed by atoms with van der Waals surface area (Å²) in [5, 5.41) is 0. The molecule has 0 aromatic heterocycles. The van der Waals surface area contributed by atoms with E-state index in [1.165, 1.54) is 5.56 Å². The Labute approximate surface area is 180 Å². The number of halogens is 1. The van der Waals surface area contributed by atoms with Crippen molar-refractivity contribution in [3.8, 4) is 5.75 Å². The standard InChI is InChI=1S/C25H24BrNO2/c1-29-23-13-11-22(12-14-23)27-16-15-20(17-24(28)18-5-3-2-4-6-18)25(27)19-7-9-21(26)10-8-19/h2-14,20,25H,15-17H2,1H3/t20-,25-/m0/s1. The van der Waals surface area contributed by atoms with E-state index in [0.29, 0.717) is 6.42 Å². The fraction of sp³-hybridized carbons (Fsp3) is 0.240. The maximum atomic E-state index is 12.9. The van der Waals surface area contributed by atoms with Crippen LogP contribution >= 0.6 is 15.9 Å². The van der Waals surface area contributed by atoms with Crippen LogP contribution in [0.5, 0.6) is 5.75 Å². The first kappa shape index (κ1) is 19.7. The van der Waals surface area contributed by atoms with Crippen LogP contribution in [0, 0.1) is 5.92 Å². The fourth-order valence-electron chi connectivity index (χ4n) is 4.23. The van der Waals surface area contributed by atoms with Gasteiger partial charge in [0.1, 0.15) is 5.75 Å². The molecule has 29 heavy (non-hydrogen) atoms. The van der Waals surface area contributed by atoms with Crippen molar-refractivity contribution in [3.05, 3.63) is 94.5 Å². The zero-order chi connectivity index (χ0) is 20.2. The number of hydrogen-bond acceptors (Lipinski definition) is 3. The Morgan fingerprint density at radius 1 is 1.00 bits per heavy atom. The number of methoxy groups -OCH3 is 1. The molecule has 1 aliphatic heterocycles. The molecule has 0 aliphatic carbocycles. The van der Waals surface area contributed by atoms with Gasteiger partial charge in [-0.25, -0.2) is 0 Å². The monoisotopic (exact) mass is 449 g/mol. The van der Waals surface area contributed by atoms with Crippen LogP contribution in [0.15, 0.2) is 83.3 Å². The summed E-state index contributed by atoms with van der Waals surface area (Å²) in [5.74, 6) is 1.34. The number of ketones is 1. The molecule has 148 valence electrons. The van der Waals surface area contributed by atoms with E-state index in [4.69, 9.17) is 4.74 Å². The van der Waals surface area contributed by atoms with Gasteiger partial charge in [-0.2, -0.15) is 0 Å². The number of anilines is 1. The van der Waals surface area contributed by atoms with Crippen molar-refractivity contribution in [3.63, 3.8) is 0 Å². The molecular formula is C25H24BrNO2. The fourth-order valence-corrected chi connectivity index (χ4v) is 4.49. The number of carbonyl (C=O) groups excluding carboxylic acids is 1. The van der Waals surface area contributed by atoms with Crippen LogP contribution in [0.4, 0.5) is 5.69 Å². The molecule has 4 heteroatoms. The highest BCUT2D eigenvalue weighted by molar-refractivity contribution is 9.10. The number of nitrogens with zero attached hydrogens (tertiary/aromatic N) is 1. The van der Waals surface area contributed by atoms with Crippen LogP contribution < -0.4 is 9.64 Å². The van der Waals surface area contributed by atoms with Crippen LogP contribution in [-0.2, 0) is 0 Å². The van der Waals surface area contributed by atoms with Crippen LogP contribution in [0.2, 0.25) is 0 Å². The smallest absolute Gasteiger partial charge is 0.163 e. The van der Waals surface area contributed by atoms with Gasteiger partial charge in [-0.05, 0) is 54.3 Å². The van der Waals surface area contributed by atoms with E-state index in [9.17, 15) is 4.79 Å². The van der Waals surface area contributed by atoms with E-state index in [-0.39, 0.29) is 17.7 Å². The Bertz CT molecular complexity index is 954. The van der Waals surface area contributed by atoms with Gasteiger partial charge < -0.3 is 9.64 Å². The molecule has 1 saturated heterocycles. The third-order valence-electron chi connectivity index (χ3n) is 5.68. The summed E-state index contributed by atoms with van der Waals surface area (Å²) in [6.07, 6.45) is 1.54. The van der Waals surface area contributed by atoms with E-state index >= 15 is 0 Å². The predicted molar refractivity (Wildman–Crippen MR) is 121 cm³/mol. The molecule has 1 aliphatic rings. The Morgan fingerprint density at radius 2 is 1.69 bits per heavy atom. The quantitative estimate of drug-likeness (QED) is 0.413. The van der Waals surface area contributed by atoms with Crippen LogP contribution in [-0.4, -0.2) is 19.4 Å². The van der Waals surface area contributed by atoms with E-state index in [1.807, 2.05) is 42.5 Å². The Kier molecular flexibility index (Phi) is 6.00. The van der Waals surface area contributed by atoms with Crippen molar-refractivity contribution >= 4 is 27.4 Å². The highest BCUT2D eigenvalue weighted by Gasteiger charge is 2.36. The highest BCUT2D eigenvalue weighted by Crippen LogP contribution is 2.43. The molecule has 0 amide bonds. The van der Waals surface area contributed by atoms with E-state index < -0.39 is 0 Å². The first-order valence-electron chi connectivity index (χ1n) is 9.90. The number of carbonyl (C=O) groups is 1. The molecule has 0 unspecified atom stereocenters. The maximum Gasteiger partial charge on any atom is 0.163 e. The Hall–Kier alpha value is -2.59. The summed E-state index contributed by atoms with van der Waals surface area (Å²) in [7, 11) is 1.68. The molecule has 3 aromatic carbocycles. The summed E-state index contributed by atoms with van der Waals surface area (Å²) in [6.45, 7) is 0.930. The number of rotatable bonds is 6. The lowest BCUT2D eigenvalue weighted by Crippen LogP contribution is -2.26. The molecule has 1 heterocycles. The number of ether oxygens (including phenoxy) is 1. The normalized spacial score (nSPS) is 18.6. The van der Waals surface area contributed by atoms with E-state index in [2.05, 4.69) is 57.2 Å². The number of benzene rings is 3. The lowest BCUT2D eigenvalue weighted by molar-refractivity contribution is 0.0958. The number of hydrogen-bond donors (Lipinski definition) is 0. The second kappa shape index (κ2) is 8.83. The van der Waals surface area contributed by atoms with Crippen molar-refractivity contribution in [1.82, 2.24) is 0 Å². The second-order valence-electron chi connectivity index (χ2n) is 7.43. The molecule has 0 saturated carbocycles. The van der Waals surface area contributed by atoms with Crippen molar-refractivity contribution in [2.45, 2.75) is 18.9 Å². The first-order valence-corrected chi connectivity index (χ1v) is 10.7. The van der Waals surface area contributed by atoms with E-state index in [0.717, 1.165) is 34.4 Å². The molecular weight excluding hydrogens is 426 g/mol. The van der Waals surface area contributed by atoms with Crippen molar-refractivity contribution < 1.29 is 9.53 Å². The summed E-state index contributed by atoms with van der Waals surface area (Å²) in [6, 6.07) is 26.5. The minimum absolute atomic E-state index is 0.171. The molecule has 0 bridgehead atoms. The van der Waals surface area contributed by atoms with Gasteiger partial charge >= 0.3 is 0 Å². The molecule has 3 nitrogen and oxygen atoms in total. The third kappa shape index (κ3) is 4.38. The summed E-state index contributed by atoms with van der Waals surface area (Å²) in [4.78, 5) is 15.3. The lowest BCUT2D eigenvalue weighted by Gasteiger charge is -2.30. The van der Waals surface area contributed by atoms with Gasteiger partial charge in [0, 0.05) is 28.7 Å². The van der Waals surface area contributed by atoms with Gasteiger partial charge in [0.15, 0.2) is 5.78 Å². The zero-order valence-corrected chi connectivity index (χ0v) is 18.0. The molecule has 0 spiro atoms. The molecule has 3 aromatic rings. The highest BCUT2D eigenvalue weighted by atomic mass is 79.9. The van der Waals surface area contributed by atoms with Gasteiger partial charge in [-0.3, -0.25) is 4.79 Å². The number of Topliss-reactive ketones (excluding diaryl/α,β-unsaturated/α-hetero) is 1. The SMILES string of the molecule is COc1ccc(N2CC[C@@H](CC(=O)c3ccccc3)[C@@H]2c2ccc(Br)cc2)cc1. The van der Waals surface area contributed by atoms with Gasteiger partial charge in [-0.1, -0.05) is 58.4 Å². The average Bonchev–Trinajstić information content (AvgIpc) is 3.18. The second-order valence-corrected chi connectivity index (χ2v) is 8.35. The molecule has 2 atom stereocenters. The molecule has 0 N–H and O–H groups in total. The zero-order valence-electron chi connectivity index (χ0n) is 16.4. The van der Waals surface area contributed by atoms with Gasteiger partial charge in [0.25, 0.3) is 0 Å². The van der Waals surface area contributed by atoms with Crippen LogP contribution in [0.25, 0.3) is 0 Å². The minimum atomic E-state index is 0.171. The molecule has 1 fully saturated rings. The minimum Gasteiger partial charge on any atom is -0.497 e. The van der Waals surface area contributed by atoms with Crippen LogP contribution in [0.3, 0.4) is 0 Å². The van der Waals surface area contributed by atoms with Crippen molar-refractivity contribution in [2.24, 2.45) is 5.92 Å². The van der Waals surface area contributed by atoms with Crippen LogP contribution in [0.1, 0.15) is 34.8 Å². The van der Waals surface area contributed by atoms with Gasteiger partial charge in [-0.15, -0.1) is 0 Å². The van der Waals surface area contributed by atoms with Crippen molar-refractivity contribution in [1.29, 1.82) is 0 Å². The Morgan fingerprint density at radius 3 is 2.34 bits per heavy atom. The van der Waals surface area contributed by atoms with Gasteiger partial charge in [0.2, 0.25) is 0 Å². The molecule has 4 rings (SSSR count). The Balaban J connectivity index is 1.63. The van der Waals surface area contributed by atoms with E-state index in [1.54, 1.807) is 7.11 Å². The topological polar surface area (TPSA) is 29.5 Å². The van der Waals surface area contributed by atoms with Crippen molar-refractivity contribution in [2.75, 3.05) is 18.6 Å². The predicted octanol–water partition coefficient (Wildman–Crippen LogP) is 6.30. The first-order chi connectivity index (χ1) is 14.2. The maximum absolute atomic E-state index is 12.9. The van der Waals surface area contributed by atoms with Gasteiger partial charge in [0.05, 0.1) is 13.2 Å². The largest absolute Gasteiger partial charge is 0.497 e.